The number of pyridine rings is 2. The summed E-state index contributed by atoms with van der Waals surface area (Å²) >= 11 is 0. The highest BCUT2D eigenvalue weighted by molar-refractivity contribution is 5.97. The van der Waals surface area contributed by atoms with Crippen molar-refractivity contribution in [3.8, 4) is 5.88 Å². The Kier molecular flexibility index (Phi) is 7.13. The topological polar surface area (TPSA) is 93.7 Å². The third-order valence-electron chi connectivity index (χ3n) is 4.86. The summed E-state index contributed by atoms with van der Waals surface area (Å²) in [4.78, 5) is 35.9. The Morgan fingerprint density at radius 1 is 1.21 bits per heavy atom. The smallest absolute Gasteiger partial charge is 0.259 e. The van der Waals surface area contributed by atoms with Crippen molar-refractivity contribution in [1.82, 2.24) is 14.9 Å². The summed E-state index contributed by atoms with van der Waals surface area (Å²) in [5.41, 5.74) is 1.29. The van der Waals surface area contributed by atoms with Gasteiger partial charge < -0.3 is 19.7 Å². The van der Waals surface area contributed by atoms with Crippen molar-refractivity contribution < 1.29 is 19.1 Å². The number of amides is 2. The maximum absolute atomic E-state index is 13.1. The minimum absolute atomic E-state index is 0.118. The molecule has 2 amide bonds. The lowest BCUT2D eigenvalue weighted by Gasteiger charge is -2.32. The summed E-state index contributed by atoms with van der Waals surface area (Å²) in [5.74, 6) is 0.250. The quantitative estimate of drug-likeness (QED) is 0.720. The number of methoxy groups -OCH3 is 1. The molecule has 0 aliphatic carbocycles. The average molecular weight is 398 g/mol. The number of hydrogen-bond donors (Lipinski definition) is 1. The van der Waals surface area contributed by atoms with Gasteiger partial charge in [0.05, 0.1) is 12.5 Å². The summed E-state index contributed by atoms with van der Waals surface area (Å²) in [6.45, 7) is 3.55. The zero-order chi connectivity index (χ0) is 20.6. The second-order valence-electron chi connectivity index (χ2n) is 6.95. The van der Waals surface area contributed by atoms with E-state index < -0.39 is 0 Å². The molecule has 0 saturated carbocycles. The van der Waals surface area contributed by atoms with E-state index in [1.807, 2.05) is 19.1 Å². The van der Waals surface area contributed by atoms with Gasteiger partial charge in [0.1, 0.15) is 18.0 Å². The standard InChI is InChI=1S/C21H26N4O4/c1-15-6-3-9-22-18(15)24-19(26)16-7-5-11-25(14-16)21(27)17-8-4-10-23-20(17)29-13-12-28-2/h3-4,6,8-10,16H,5,7,11-14H2,1-2H3,(H,22,24,26). The highest BCUT2D eigenvalue weighted by Gasteiger charge is 2.30. The van der Waals surface area contributed by atoms with Crippen molar-refractivity contribution in [3.63, 3.8) is 0 Å². The van der Waals surface area contributed by atoms with Gasteiger partial charge in [0.25, 0.3) is 5.91 Å². The number of anilines is 1. The Morgan fingerprint density at radius 2 is 2.00 bits per heavy atom. The summed E-state index contributed by atoms with van der Waals surface area (Å²) in [6, 6.07) is 7.12. The number of aryl methyl sites for hydroxylation is 1. The first kappa shape index (κ1) is 20.7. The van der Waals surface area contributed by atoms with Crippen LogP contribution in [-0.2, 0) is 9.53 Å². The molecule has 8 heteroatoms. The Morgan fingerprint density at radius 3 is 2.79 bits per heavy atom. The molecule has 0 spiro atoms. The van der Waals surface area contributed by atoms with Gasteiger partial charge >= 0.3 is 0 Å². The number of hydrogen-bond acceptors (Lipinski definition) is 6. The van der Waals surface area contributed by atoms with Gasteiger partial charge in [0, 0.05) is 32.6 Å². The average Bonchev–Trinajstić information content (AvgIpc) is 2.75. The molecule has 1 aliphatic rings. The summed E-state index contributed by atoms with van der Waals surface area (Å²) < 4.78 is 10.6. The second kappa shape index (κ2) is 9.97. The number of carbonyl (C=O) groups is 2. The van der Waals surface area contributed by atoms with E-state index >= 15 is 0 Å². The van der Waals surface area contributed by atoms with Crippen LogP contribution < -0.4 is 10.1 Å². The van der Waals surface area contributed by atoms with Gasteiger partial charge in [0.2, 0.25) is 11.8 Å². The molecule has 1 N–H and O–H groups in total. The van der Waals surface area contributed by atoms with Crippen LogP contribution in [0, 0.1) is 12.8 Å². The Bertz CT molecular complexity index is 858. The zero-order valence-corrected chi connectivity index (χ0v) is 16.8. The van der Waals surface area contributed by atoms with Crippen LogP contribution in [0.4, 0.5) is 5.82 Å². The van der Waals surface area contributed by atoms with Crippen LogP contribution in [0.2, 0.25) is 0 Å². The number of nitrogens with zero attached hydrogens (tertiary/aromatic N) is 3. The lowest BCUT2D eigenvalue weighted by molar-refractivity contribution is -0.121. The molecular weight excluding hydrogens is 372 g/mol. The van der Waals surface area contributed by atoms with Gasteiger partial charge in [0.15, 0.2) is 0 Å². The third kappa shape index (κ3) is 5.29. The first-order valence-electron chi connectivity index (χ1n) is 9.68. The van der Waals surface area contributed by atoms with E-state index in [1.165, 1.54) is 0 Å². The van der Waals surface area contributed by atoms with Crippen molar-refractivity contribution in [2.45, 2.75) is 19.8 Å². The molecular formula is C21H26N4O4. The molecule has 2 aromatic heterocycles. The monoisotopic (exact) mass is 398 g/mol. The molecule has 1 aliphatic heterocycles. The van der Waals surface area contributed by atoms with Crippen molar-refractivity contribution in [2.75, 3.05) is 38.7 Å². The number of likely N-dealkylation sites (tertiary alicyclic amines) is 1. The molecule has 1 saturated heterocycles. The van der Waals surface area contributed by atoms with Crippen LogP contribution in [0.3, 0.4) is 0 Å². The summed E-state index contributed by atoms with van der Waals surface area (Å²) in [7, 11) is 1.58. The Labute approximate surface area is 170 Å². The van der Waals surface area contributed by atoms with Crippen molar-refractivity contribution in [1.29, 1.82) is 0 Å². The number of nitrogens with one attached hydrogen (secondary N) is 1. The van der Waals surface area contributed by atoms with Crippen LogP contribution in [0.5, 0.6) is 5.88 Å². The van der Waals surface area contributed by atoms with Gasteiger partial charge in [-0.25, -0.2) is 9.97 Å². The number of piperidine rings is 1. The summed E-state index contributed by atoms with van der Waals surface area (Å²) in [6.07, 6.45) is 4.71. The van der Waals surface area contributed by atoms with Gasteiger partial charge in [-0.1, -0.05) is 6.07 Å². The van der Waals surface area contributed by atoms with E-state index in [2.05, 4.69) is 15.3 Å². The number of carbonyl (C=O) groups excluding carboxylic acids is 2. The fourth-order valence-corrected chi connectivity index (χ4v) is 3.27. The van der Waals surface area contributed by atoms with Crippen LogP contribution in [-0.4, -0.2) is 60.1 Å². The fourth-order valence-electron chi connectivity index (χ4n) is 3.27. The Balaban J connectivity index is 1.67. The largest absolute Gasteiger partial charge is 0.475 e. The van der Waals surface area contributed by atoms with E-state index in [4.69, 9.17) is 9.47 Å². The van der Waals surface area contributed by atoms with E-state index in [1.54, 1.807) is 36.5 Å². The molecule has 1 atom stereocenters. The van der Waals surface area contributed by atoms with Gasteiger partial charge in [-0.15, -0.1) is 0 Å². The zero-order valence-electron chi connectivity index (χ0n) is 16.8. The molecule has 0 aromatic carbocycles. The van der Waals surface area contributed by atoms with E-state index in [9.17, 15) is 9.59 Å². The third-order valence-corrected chi connectivity index (χ3v) is 4.86. The van der Waals surface area contributed by atoms with E-state index in [-0.39, 0.29) is 23.6 Å². The first-order valence-corrected chi connectivity index (χ1v) is 9.68. The fraction of sp³-hybridized carbons (Fsp3) is 0.429. The molecule has 1 unspecified atom stereocenters. The van der Waals surface area contributed by atoms with Crippen LogP contribution in [0.25, 0.3) is 0 Å². The molecule has 8 nitrogen and oxygen atoms in total. The highest BCUT2D eigenvalue weighted by atomic mass is 16.5. The molecule has 0 radical (unpaired) electrons. The minimum atomic E-state index is -0.288. The van der Waals surface area contributed by atoms with Gasteiger partial charge in [-0.3, -0.25) is 9.59 Å². The predicted molar refractivity (Wildman–Crippen MR) is 108 cm³/mol. The number of ether oxygens (including phenoxy) is 2. The van der Waals surface area contributed by atoms with E-state index in [0.717, 1.165) is 18.4 Å². The summed E-state index contributed by atoms with van der Waals surface area (Å²) in [5, 5.41) is 2.89. The SMILES string of the molecule is COCCOc1ncccc1C(=O)N1CCCC(C(=O)Nc2ncccc2C)C1. The maximum atomic E-state index is 13.1. The van der Waals surface area contributed by atoms with Crippen LogP contribution >= 0.6 is 0 Å². The maximum Gasteiger partial charge on any atom is 0.259 e. The lowest BCUT2D eigenvalue weighted by Crippen LogP contribution is -2.44. The Hall–Kier alpha value is -3.00. The first-order chi connectivity index (χ1) is 14.1. The molecule has 0 bridgehead atoms. The minimum Gasteiger partial charge on any atom is -0.475 e. The molecule has 2 aromatic rings. The molecule has 29 heavy (non-hydrogen) atoms. The molecule has 3 rings (SSSR count). The van der Waals surface area contributed by atoms with Crippen molar-refractivity contribution in [3.05, 3.63) is 47.8 Å². The molecule has 154 valence electrons. The second-order valence-corrected chi connectivity index (χ2v) is 6.95. The van der Waals surface area contributed by atoms with Gasteiger partial charge in [-0.05, 0) is 43.5 Å². The number of rotatable bonds is 7. The highest BCUT2D eigenvalue weighted by Crippen LogP contribution is 2.23. The number of aromatic nitrogens is 2. The lowest BCUT2D eigenvalue weighted by atomic mass is 9.96. The predicted octanol–water partition coefficient (Wildman–Crippen LogP) is 2.30. The van der Waals surface area contributed by atoms with Crippen LogP contribution in [0.1, 0.15) is 28.8 Å². The van der Waals surface area contributed by atoms with Crippen LogP contribution in [0.15, 0.2) is 36.7 Å². The normalized spacial score (nSPS) is 16.3. The van der Waals surface area contributed by atoms with Crippen molar-refractivity contribution in [2.24, 2.45) is 5.92 Å². The van der Waals surface area contributed by atoms with Crippen molar-refractivity contribution >= 4 is 17.6 Å². The van der Waals surface area contributed by atoms with E-state index in [0.29, 0.717) is 37.7 Å². The van der Waals surface area contributed by atoms with Gasteiger partial charge in [-0.2, -0.15) is 0 Å². The molecule has 3 heterocycles. The molecule has 1 fully saturated rings.